The summed E-state index contributed by atoms with van der Waals surface area (Å²) in [5.41, 5.74) is 1.67. The highest BCUT2D eigenvalue weighted by Crippen LogP contribution is 2.28. The van der Waals surface area contributed by atoms with Gasteiger partial charge in [0, 0.05) is 40.5 Å². The largest absolute Gasteiger partial charge is 0.362 e. The van der Waals surface area contributed by atoms with Crippen LogP contribution in [0.1, 0.15) is 25.7 Å². The van der Waals surface area contributed by atoms with E-state index in [-0.39, 0.29) is 18.1 Å². The summed E-state index contributed by atoms with van der Waals surface area (Å²) in [5.74, 6) is 1.56. The van der Waals surface area contributed by atoms with Crippen molar-refractivity contribution < 1.29 is 4.79 Å². The third-order valence-electron chi connectivity index (χ3n) is 5.58. The maximum atomic E-state index is 12.4. The quantitative estimate of drug-likeness (QED) is 0.368. The molecule has 7 nitrogen and oxygen atoms in total. The molecule has 0 aliphatic heterocycles. The Hall–Kier alpha value is -2.39. The van der Waals surface area contributed by atoms with Crippen molar-refractivity contribution >= 4 is 66.2 Å². The summed E-state index contributed by atoms with van der Waals surface area (Å²) in [6, 6.07) is 14.0. The maximum Gasteiger partial charge on any atom is 0.319 e. The first-order valence-electron chi connectivity index (χ1n) is 10.6. The molecule has 1 aliphatic rings. The molecule has 1 heterocycles. The Morgan fingerprint density at radius 3 is 2.44 bits per heavy atom. The minimum Gasteiger partial charge on any atom is -0.362 e. The molecule has 1 aliphatic carbocycles. The van der Waals surface area contributed by atoms with E-state index in [4.69, 9.17) is 9.97 Å². The lowest BCUT2D eigenvalue weighted by atomic mass is 9.91. The van der Waals surface area contributed by atoms with Crippen LogP contribution in [0.4, 0.5) is 22.2 Å². The molecular formula is C23H26Br2N6O. The molecule has 0 atom stereocenters. The lowest BCUT2D eigenvalue weighted by molar-refractivity contribution is 0.243. The first-order chi connectivity index (χ1) is 15.4. The van der Waals surface area contributed by atoms with E-state index in [2.05, 4.69) is 47.8 Å². The number of benzene rings is 2. The molecule has 1 aromatic heterocycles. The molecule has 2 amide bonds. The lowest BCUT2D eigenvalue weighted by Gasteiger charge is -2.30. The van der Waals surface area contributed by atoms with E-state index in [1.165, 1.54) is 0 Å². The van der Waals surface area contributed by atoms with Gasteiger partial charge in [0.1, 0.15) is 5.82 Å². The second-order valence-corrected chi connectivity index (χ2v) is 9.97. The molecule has 3 N–H and O–H groups in total. The highest BCUT2D eigenvalue weighted by molar-refractivity contribution is 9.11. The van der Waals surface area contributed by atoms with Crippen molar-refractivity contribution in [1.82, 2.24) is 15.3 Å². The standard InChI is InChI=1S/C23H26Br2N6O/c1-31(2)21-17-5-3-4-6-19(17)28-22(30-21)26-15-8-10-16(11-9-15)27-23(32)29-20-12-7-14(24)13-18(20)25/h3-7,12-13,15-16H,8-11H2,1-2H3,(H,26,28,30)(H2,27,29,32)/t15-,16+. The number of rotatable bonds is 5. The molecule has 0 spiro atoms. The Balaban J connectivity index is 1.32. The van der Waals surface area contributed by atoms with Crippen LogP contribution in [0.5, 0.6) is 0 Å². The van der Waals surface area contributed by atoms with Crippen molar-refractivity contribution in [2.24, 2.45) is 0 Å². The van der Waals surface area contributed by atoms with Crippen LogP contribution in [-0.2, 0) is 0 Å². The zero-order chi connectivity index (χ0) is 22.7. The zero-order valence-corrected chi connectivity index (χ0v) is 21.2. The molecule has 2 aromatic carbocycles. The average Bonchev–Trinajstić information content (AvgIpc) is 2.76. The summed E-state index contributed by atoms with van der Waals surface area (Å²) in [6.07, 6.45) is 3.70. The molecule has 32 heavy (non-hydrogen) atoms. The van der Waals surface area contributed by atoms with Gasteiger partial charge in [-0.15, -0.1) is 0 Å². The van der Waals surface area contributed by atoms with Crippen LogP contribution in [0.15, 0.2) is 51.4 Å². The van der Waals surface area contributed by atoms with Crippen LogP contribution in [0.3, 0.4) is 0 Å². The minimum atomic E-state index is -0.182. The average molecular weight is 562 g/mol. The van der Waals surface area contributed by atoms with Crippen molar-refractivity contribution in [3.05, 3.63) is 51.4 Å². The molecule has 0 radical (unpaired) electrons. The second kappa shape index (κ2) is 10.0. The molecule has 1 fully saturated rings. The van der Waals surface area contributed by atoms with E-state index in [9.17, 15) is 4.79 Å². The fourth-order valence-electron chi connectivity index (χ4n) is 3.96. The van der Waals surface area contributed by atoms with Gasteiger partial charge in [-0.3, -0.25) is 0 Å². The van der Waals surface area contributed by atoms with Crippen LogP contribution < -0.4 is 20.9 Å². The van der Waals surface area contributed by atoms with E-state index in [0.717, 1.165) is 57.0 Å². The first-order valence-corrected chi connectivity index (χ1v) is 12.2. The van der Waals surface area contributed by atoms with Crippen molar-refractivity contribution in [3.8, 4) is 0 Å². The second-order valence-electron chi connectivity index (χ2n) is 8.20. The van der Waals surface area contributed by atoms with Crippen LogP contribution in [0.2, 0.25) is 0 Å². The third-order valence-corrected chi connectivity index (χ3v) is 6.73. The number of carbonyl (C=O) groups is 1. The SMILES string of the molecule is CN(C)c1nc(N[C@H]2CC[C@@H](NC(=O)Nc3ccc(Br)cc3Br)CC2)nc2ccccc12. The molecule has 3 aromatic rings. The van der Waals surface area contributed by atoms with Gasteiger partial charge in [0.25, 0.3) is 0 Å². The van der Waals surface area contributed by atoms with E-state index in [1.807, 2.05) is 61.5 Å². The summed E-state index contributed by atoms with van der Waals surface area (Å²) in [5, 5.41) is 10.6. The van der Waals surface area contributed by atoms with Gasteiger partial charge in [0.05, 0.1) is 11.2 Å². The Labute approximate surface area is 204 Å². The summed E-state index contributed by atoms with van der Waals surface area (Å²) in [6.45, 7) is 0. The van der Waals surface area contributed by atoms with Crippen LogP contribution >= 0.6 is 31.9 Å². The number of para-hydroxylation sites is 1. The van der Waals surface area contributed by atoms with E-state index in [1.54, 1.807) is 0 Å². The van der Waals surface area contributed by atoms with Gasteiger partial charge in [-0.05, 0) is 71.9 Å². The van der Waals surface area contributed by atoms with E-state index < -0.39 is 0 Å². The molecule has 1 saturated carbocycles. The smallest absolute Gasteiger partial charge is 0.319 e. The number of halogens is 2. The van der Waals surface area contributed by atoms with Gasteiger partial charge in [-0.1, -0.05) is 28.1 Å². The lowest BCUT2D eigenvalue weighted by Crippen LogP contribution is -2.42. The molecule has 0 bridgehead atoms. The topological polar surface area (TPSA) is 82.2 Å². The van der Waals surface area contributed by atoms with Crippen LogP contribution in [0, 0.1) is 0 Å². The van der Waals surface area contributed by atoms with Crippen molar-refractivity contribution in [2.45, 2.75) is 37.8 Å². The predicted octanol–water partition coefficient (Wildman–Crippen LogP) is 5.77. The summed E-state index contributed by atoms with van der Waals surface area (Å²) in [7, 11) is 3.99. The van der Waals surface area contributed by atoms with E-state index in [0.29, 0.717) is 5.95 Å². The van der Waals surface area contributed by atoms with Crippen molar-refractivity contribution in [3.63, 3.8) is 0 Å². The van der Waals surface area contributed by atoms with E-state index >= 15 is 0 Å². The van der Waals surface area contributed by atoms with Gasteiger partial charge in [0.2, 0.25) is 5.95 Å². The Morgan fingerprint density at radius 1 is 1.00 bits per heavy atom. The molecule has 0 saturated heterocycles. The molecule has 9 heteroatoms. The Kier molecular flexibility index (Phi) is 7.15. The Bertz CT molecular complexity index is 1110. The van der Waals surface area contributed by atoms with Gasteiger partial charge in [-0.25, -0.2) is 9.78 Å². The molecule has 0 unspecified atom stereocenters. The number of fused-ring (bicyclic) bond motifs is 1. The molecule has 168 valence electrons. The molecular weight excluding hydrogens is 536 g/mol. The summed E-state index contributed by atoms with van der Waals surface area (Å²) in [4.78, 5) is 23.9. The number of urea groups is 1. The van der Waals surface area contributed by atoms with Crippen molar-refractivity contribution in [1.29, 1.82) is 0 Å². The number of nitrogens with one attached hydrogen (secondary N) is 3. The minimum absolute atomic E-state index is 0.150. The predicted molar refractivity (Wildman–Crippen MR) is 138 cm³/mol. The number of aromatic nitrogens is 2. The van der Waals surface area contributed by atoms with Crippen LogP contribution in [0.25, 0.3) is 10.9 Å². The molecule has 4 rings (SSSR count). The van der Waals surface area contributed by atoms with Gasteiger partial charge < -0.3 is 20.9 Å². The highest BCUT2D eigenvalue weighted by Gasteiger charge is 2.23. The number of carbonyl (C=O) groups excluding carboxylic acids is 1. The number of nitrogens with zero attached hydrogens (tertiary/aromatic N) is 3. The van der Waals surface area contributed by atoms with Gasteiger partial charge >= 0.3 is 6.03 Å². The Morgan fingerprint density at radius 2 is 1.72 bits per heavy atom. The zero-order valence-electron chi connectivity index (χ0n) is 18.0. The van der Waals surface area contributed by atoms with Crippen LogP contribution in [-0.4, -0.2) is 42.2 Å². The summed E-state index contributed by atoms with van der Waals surface area (Å²) < 4.78 is 1.79. The maximum absolute atomic E-state index is 12.4. The monoisotopic (exact) mass is 560 g/mol. The fourth-order valence-corrected chi connectivity index (χ4v) is 5.11. The normalized spacial score (nSPS) is 18.2. The van der Waals surface area contributed by atoms with Gasteiger partial charge in [0.15, 0.2) is 0 Å². The fraction of sp³-hybridized carbons (Fsp3) is 0.348. The highest BCUT2D eigenvalue weighted by atomic mass is 79.9. The number of amides is 2. The van der Waals surface area contributed by atoms with Crippen molar-refractivity contribution in [2.75, 3.05) is 29.6 Å². The first kappa shape index (κ1) is 22.8. The summed E-state index contributed by atoms with van der Waals surface area (Å²) >= 11 is 6.89. The van der Waals surface area contributed by atoms with Gasteiger partial charge in [-0.2, -0.15) is 4.98 Å². The number of hydrogen-bond donors (Lipinski definition) is 3. The number of hydrogen-bond acceptors (Lipinski definition) is 5. The number of anilines is 3. The third kappa shape index (κ3) is 5.50.